The number of hydrogen-bond donors (Lipinski definition) is 5. The van der Waals surface area contributed by atoms with E-state index in [0.717, 1.165) is 38.5 Å². The zero-order valence-corrected chi connectivity index (χ0v) is 32.0. The molecule has 0 aliphatic rings. The number of aliphatic hydroxyl groups is 4. The topological polar surface area (TPSA) is 110 Å². The van der Waals surface area contributed by atoms with E-state index in [9.17, 15) is 25.2 Å². The molecule has 4 unspecified atom stereocenters. The molecule has 0 radical (unpaired) electrons. The van der Waals surface area contributed by atoms with Gasteiger partial charge in [-0.05, 0) is 38.5 Å². The quantitative estimate of drug-likeness (QED) is 0.0329. The first-order chi connectivity index (χ1) is 23.5. The normalized spacial score (nSPS) is 14.4. The predicted molar refractivity (Wildman–Crippen MR) is 205 cm³/mol. The van der Waals surface area contributed by atoms with E-state index in [1.807, 2.05) is 0 Å². The molecule has 0 saturated carbocycles. The van der Waals surface area contributed by atoms with Crippen LogP contribution >= 0.6 is 0 Å². The molecule has 5 N–H and O–H groups in total. The largest absolute Gasteiger partial charge is 0.394 e. The Morgan fingerprint density at radius 3 is 1.25 bits per heavy atom. The molecule has 0 aliphatic heterocycles. The SMILES string of the molecule is CCCCCCCC/C=C/CCCC(O)C(O)C(CO)NC(=O)C(O)CCCCCCCCCCCCCCCCCCCCCCC. The average Bonchev–Trinajstić information content (AvgIpc) is 3.09. The van der Waals surface area contributed by atoms with Crippen molar-refractivity contribution in [1.82, 2.24) is 5.32 Å². The highest BCUT2D eigenvalue weighted by Gasteiger charge is 2.28. The fourth-order valence-corrected chi connectivity index (χ4v) is 6.58. The van der Waals surface area contributed by atoms with Crippen LogP contribution in [-0.2, 0) is 4.79 Å². The summed E-state index contributed by atoms with van der Waals surface area (Å²) in [5.41, 5.74) is 0. The molecular formula is C42H83NO5. The summed E-state index contributed by atoms with van der Waals surface area (Å²) >= 11 is 0. The van der Waals surface area contributed by atoms with Gasteiger partial charge in [0.15, 0.2) is 0 Å². The van der Waals surface area contributed by atoms with Crippen LogP contribution in [0.15, 0.2) is 12.2 Å². The summed E-state index contributed by atoms with van der Waals surface area (Å²) in [7, 11) is 0. The molecule has 6 heteroatoms. The Kier molecular flexibility index (Phi) is 36.6. The number of unbranched alkanes of at least 4 members (excludes halogenated alkanes) is 27. The van der Waals surface area contributed by atoms with Gasteiger partial charge < -0.3 is 25.7 Å². The molecule has 0 spiro atoms. The number of allylic oxidation sites excluding steroid dienone is 2. The number of amides is 1. The van der Waals surface area contributed by atoms with Gasteiger partial charge in [-0.1, -0.05) is 193 Å². The maximum Gasteiger partial charge on any atom is 0.249 e. The number of carbonyl (C=O) groups excluding carboxylic acids is 1. The van der Waals surface area contributed by atoms with Crippen LogP contribution in [0.4, 0.5) is 0 Å². The highest BCUT2D eigenvalue weighted by atomic mass is 16.3. The Hall–Kier alpha value is -0.950. The fourth-order valence-electron chi connectivity index (χ4n) is 6.58. The van der Waals surface area contributed by atoms with Gasteiger partial charge in [0.2, 0.25) is 5.91 Å². The second kappa shape index (κ2) is 37.3. The molecule has 286 valence electrons. The zero-order chi connectivity index (χ0) is 35.3. The van der Waals surface area contributed by atoms with E-state index in [4.69, 9.17) is 0 Å². The van der Waals surface area contributed by atoms with E-state index >= 15 is 0 Å². The third kappa shape index (κ3) is 31.1. The molecule has 0 saturated heterocycles. The van der Waals surface area contributed by atoms with Crippen LogP contribution in [0.2, 0.25) is 0 Å². The first-order valence-corrected chi connectivity index (χ1v) is 21.1. The summed E-state index contributed by atoms with van der Waals surface area (Å²) in [6, 6.07) is -0.995. The molecule has 6 nitrogen and oxygen atoms in total. The number of carbonyl (C=O) groups is 1. The van der Waals surface area contributed by atoms with Gasteiger partial charge in [0.05, 0.1) is 18.8 Å². The molecule has 1 amide bonds. The molecule has 0 aromatic carbocycles. The van der Waals surface area contributed by atoms with Crippen molar-refractivity contribution in [2.45, 2.75) is 244 Å². The minimum absolute atomic E-state index is 0.368. The molecule has 0 fully saturated rings. The van der Waals surface area contributed by atoms with Gasteiger partial charge in [-0.25, -0.2) is 0 Å². The average molecular weight is 682 g/mol. The first-order valence-electron chi connectivity index (χ1n) is 21.1. The molecule has 0 aromatic rings. The number of aliphatic hydroxyl groups excluding tert-OH is 4. The Bertz CT molecular complexity index is 687. The monoisotopic (exact) mass is 682 g/mol. The summed E-state index contributed by atoms with van der Waals surface area (Å²) < 4.78 is 0. The van der Waals surface area contributed by atoms with Gasteiger partial charge in [0, 0.05) is 0 Å². The van der Waals surface area contributed by atoms with Gasteiger partial charge in [-0.3, -0.25) is 4.79 Å². The number of nitrogens with one attached hydrogen (secondary N) is 1. The van der Waals surface area contributed by atoms with Crippen molar-refractivity contribution in [2.24, 2.45) is 0 Å². The Morgan fingerprint density at radius 1 is 0.500 bits per heavy atom. The Labute approximate surface area is 298 Å². The summed E-state index contributed by atoms with van der Waals surface area (Å²) in [5.74, 6) is -0.592. The maximum absolute atomic E-state index is 12.5. The summed E-state index contributed by atoms with van der Waals surface area (Å²) in [6.45, 7) is 4.02. The van der Waals surface area contributed by atoms with Gasteiger partial charge in [0.25, 0.3) is 0 Å². The zero-order valence-electron chi connectivity index (χ0n) is 32.0. The van der Waals surface area contributed by atoms with Crippen LogP contribution in [-0.4, -0.2) is 57.3 Å². The van der Waals surface area contributed by atoms with Crippen LogP contribution in [0.25, 0.3) is 0 Å². The maximum atomic E-state index is 12.5. The van der Waals surface area contributed by atoms with Crippen molar-refractivity contribution < 1.29 is 25.2 Å². The predicted octanol–water partition coefficient (Wildman–Crippen LogP) is 10.6. The van der Waals surface area contributed by atoms with E-state index in [0.29, 0.717) is 12.8 Å². The summed E-state index contributed by atoms with van der Waals surface area (Å²) in [5, 5.41) is 43.5. The molecule has 4 atom stereocenters. The van der Waals surface area contributed by atoms with Gasteiger partial charge in [-0.2, -0.15) is 0 Å². The third-order valence-electron chi connectivity index (χ3n) is 9.98. The highest BCUT2D eigenvalue weighted by Crippen LogP contribution is 2.16. The lowest BCUT2D eigenvalue weighted by molar-refractivity contribution is -0.132. The molecule has 0 aliphatic carbocycles. The van der Waals surface area contributed by atoms with Crippen molar-refractivity contribution in [1.29, 1.82) is 0 Å². The molecule has 0 heterocycles. The van der Waals surface area contributed by atoms with Gasteiger partial charge >= 0.3 is 0 Å². The van der Waals surface area contributed by atoms with E-state index in [2.05, 4.69) is 31.3 Å². The van der Waals surface area contributed by atoms with E-state index in [-0.39, 0.29) is 0 Å². The Balaban J connectivity index is 3.70. The van der Waals surface area contributed by atoms with Crippen LogP contribution in [0.3, 0.4) is 0 Å². The number of hydrogen-bond acceptors (Lipinski definition) is 5. The molecule has 0 aromatic heterocycles. The van der Waals surface area contributed by atoms with Gasteiger partial charge in [-0.15, -0.1) is 0 Å². The van der Waals surface area contributed by atoms with E-state index in [1.165, 1.54) is 154 Å². The lowest BCUT2D eigenvalue weighted by Gasteiger charge is -2.27. The molecule has 0 rings (SSSR count). The second-order valence-electron chi connectivity index (χ2n) is 14.7. The van der Waals surface area contributed by atoms with E-state index in [1.54, 1.807) is 0 Å². The summed E-state index contributed by atoms with van der Waals surface area (Å²) in [6.07, 6.45) is 39.6. The van der Waals surface area contributed by atoms with Crippen molar-refractivity contribution in [3.8, 4) is 0 Å². The fraction of sp³-hybridized carbons (Fsp3) is 0.929. The Morgan fingerprint density at radius 2 is 0.854 bits per heavy atom. The van der Waals surface area contributed by atoms with Crippen molar-refractivity contribution in [3.63, 3.8) is 0 Å². The standard InChI is InChI=1S/C42H83NO5/c1-3-5-7-9-11-13-15-16-17-18-19-20-21-22-23-24-26-28-30-32-34-36-40(46)42(48)43-38(37-44)41(47)39(45)35-33-31-29-27-25-14-12-10-8-6-4-2/h27,29,38-41,44-47H,3-26,28,30-37H2,1-2H3,(H,43,48)/b29-27+. The highest BCUT2D eigenvalue weighted by molar-refractivity contribution is 5.80. The first kappa shape index (κ1) is 47.0. The van der Waals surface area contributed by atoms with Crippen molar-refractivity contribution in [3.05, 3.63) is 12.2 Å². The lowest BCUT2D eigenvalue weighted by Crippen LogP contribution is -2.53. The minimum atomic E-state index is -1.28. The third-order valence-corrected chi connectivity index (χ3v) is 9.98. The van der Waals surface area contributed by atoms with E-state index < -0.39 is 36.9 Å². The molecule has 0 bridgehead atoms. The minimum Gasteiger partial charge on any atom is -0.394 e. The van der Waals surface area contributed by atoms with Crippen molar-refractivity contribution >= 4 is 5.91 Å². The summed E-state index contributed by atoms with van der Waals surface area (Å²) in [4.78, 5) is 12.5. The van der Waals surface area contributed by atoms with Gasteiger partial charge in [0.1, 0.15) is 12.2 Å². The van der Waals surface area contributed by atoms with Crippen LogP contribution in [0.1, 0.15) is 219 Å². The number of rotatable bonds is 38. The van der Waals surface area contributed by atoms with Crippen molar-refractivity contribution in [2.75, 3.05) is 6.61 Å². The van der Waals surface area contributed by atoms with Crippen LogP contribution in [0.5, 0.6) is 0 Å². The smallest absolute Gasteiger partial charge is 0.249 e. The molecular weight excluding hydrogens is 598 g/mol. The molecule has 48 heavy (non-hydrogen) atoms. The second-order valence-corrected chi connectivity index (χ2v) is 14.7. The van der Waals surface area contributed by atoms with Crippen LogP contribution < -0.4 is 5.32 Å². The lowest BCUT2D eigenvalue weighted by atomic mass is 10.00. The van der Waals surface area contributed by atoms with Crippen LogP contribution in [0, 0.1) is 0 Å².